The summed E-state index contributed by atoms with van der Waals surface area (Å²) in [6, 6.07) is 8.28. The van der Waals surface area contributed by atoms with Crippen molar-refractivity contribution in [3.05, 3.63) is 57.0 Å². The van der Waals surface area contributed by atoms with E-state index in [9.17, 15) is 27.2 Å². The van der Waals surface area contributed by atoms with Gasteiger partial charge in [-0.2, -0.15) is 17.6 Å². The fourth-order valence-corrected chi connectivity index (χ4v) is 3.21. The van der Waals surface area contributed by atoms with Gasteiger partial charge in [-0.15, -0.1) is 0 Å². The van der Waals surface area contributed by atoms with E-state index in [-0.39, 0.29) is 11.3 Å². The van der Waals surface area contributed by atoms with Gasteiger partial charge in [-0.05, 0) is 68.3 Å². The number of amides is 3. The quantitative estimate of drug-likeness (QED) is 0.525. The van der Waals surface area contributed by atoms with Crippen LogP contribution in [-0.2, 0) is 0 Å². The predicted molar refractivity (Wildman–Crippen MR) is 96.3 cm³/mol. The zero-order valence-corrected chi connectivity index (χ0v) is 16.3. The van der Waals surface area contributed by atoms with E-state index in [1.165, 1.54) is 0 Å². The van der Waals surface area contributed by atoms with E-state index in [1.54, 1.807) is 18.2 Å². The molecule has 3 amide bonds. The van der Waals surface area contributed by atoms with Crippen molar-refractivity contribution in [3.8, 4) is 5.75 Å². The van der Waals surface area contributed by atoms with E-state index in [4.69, 9.17) is 0 Å². The van der Waals surface area contributed by atoms with Gasteiger partial charge < -0.3 is 10.1 Å². The Balaban J connectivity index is 1.99. The minimum absolute atomic E-state index is 0.124. The van der Waals surface area contributed by atoms with Crippen LogP contribution in [0.3, 0.4) is 0 Å². The van der Waals surface area contributed by atoms with E-state index in [0.717, 1.165) is 24.3 Å². The van der Waals surface area contributed by atoms with Crippen molar-refractivity contribution in [2.45, 2.75) is 12.5 Å². The summed E-state index contributed by atoms with van der Waals surface area (Å²) >= 11 is 6.39. The Morgan fingerprint density at radius 1 is 1.00 bits per heavy atom. The maximum Gasteiger partial charge on any atom is 0.461 e. The summed E-state index contributed by atoms with van der Waals surface area (Å²) in [7, 11) is 0. The number of imide groups is 1. The van der Waals surface area contributed by atoms with Gasteiger partial charge in [-0.3, -0.25) is 10.1 Å². The first kappa shape index (κ1) is 21.2. The molecule has 0 saturated heterocycles. The molecule has 0 heterocycles. The zero-order chi connectivity index (χ0) is 20.2. The third kappa shape index (κ3) is 5.67. The van der Waals surface area contributed by atoms with Crippen molar-refractivity contribution in [2.75, 3.05) is 5.32 Å². The first-order valence-corrected chi connectivity index (χ1v) is 8.70. The number of urea groups is 1. The van der Waals surface area contributed by atoms with Crippen LogP contribution in [0.2, 0.25) is 0 Å². The number of hydrogen-bond acceptors (Lipinski definition) is 3. The van der Waals surface area contributed by atoms with E-state index in [0.29, 0.717) is 8.95 Å². The number of ether oxygens (including phenoxy) is 1. The molecule has 5 nitrogen and oxygen atoms in total. The number of halogens is 6. The summed E-state index contributed by atoms with van der Waals surface area (Å²) < 4.78 is 54.6. The lowest BCUT2D eigenvalue weighted by Gasteiger charge is -2.17. The van der Waals surface area contributed by atoms with Crippen LogP contribution < -0.4 is 15.4 Å². The molecular weight excluding hydrogens is 504 g/mol. The number of carbonyl (C=O) groups is 2. The number of carbonyl (C=O) groups excluding carboxylic acids is 2. The molecule has 0 atom stereocenters. The van der Waals surface area contributed by atoms with Gasteiger partial charge in [-0.25, -0.2) is 4.79 Å². The van der Waals surface area contributed by atoms with E-state index < -0.39 is 30.2 Å². The van der Waals surface area contributed by atoms with Crippen molar-refractivity contribution in [2.24, 2.45) is 0 Å². The van der Waals surface area contributed by atoms with Gasteiger partial charge in [0.2, 0.25) is 0 Å². The largest absolute Gasteiger partial charge is 0.461 e. The lowest BCUT2D eigenvalue weighted by atomic mass is 10.2. The molecule has 144 valence electrons. The van der Waals surface area contributed by atoms with Crippen LogP contribution in [0.15, 0.2) is 51.4 Å². The molecular formula is C16H10Br2F4N2O3. The molecule has 2 rings (SSSR count). The van der Waals surface area contributed by atoms with Crippen LogP contribution in [0.1, 0.15) is 10.4 Å². The minimum atomic E-state index is -4.63. The lowest BCUT2D eigenvalue weighted by Crippen LogP contribution is -2.34. The monoisotopic (exact) mass is 512 g/mol. The van der Waals surface area contributed by atoms with Gasteiger partial charge in [0.05, 0.1) is 5.56 Å². The maximum absolute atomic E-state index is 12.8. The summed E-state index contributed by atoms with van der Waals surface area (Å²) in [5, 5.41) is 4.40. The second-order valence-electron chi connectivity index (χ2n) is 4.99. The predicted octanol–water partition coefficient (Wildman–Crippen LogP) is 5.41. The van der Waals surface area contributed by atoms with Crippen LogP contribution in [0.5, 0.6) is 5.75 Å². The molecule has 0 aliphatic rings. The van der Waals surface area contributed by atoms with Gasteiger partial charge in [0.25, 0.3) is 5.91 Å². The molecule has 2 N–H and O–H groups in total. The number of hydrogen-bond donors (Lipinski definition) is 2. The topological polar surface area (TPSA) is 67.4 Å². The second-order valence-corrected chi connectivity index (χ2v) is 6.70. The number of rotatable bonds is 5. The first-order chi connectivity index (χ1) is 12.6. The zero-order valence-electron chi connectivity index (χ0n) is 13.1. The average molecular weight is 514 g/mol. The Labute approximate surface area is 167 Å². The average Bonchev–Trinajstić information content (AvgIpc) is 2.56. The fraction of sp³-hybridized carbons (Fsp3) is 0.125. The standard InChI is InChI=1S/C16H10Br2F4N2O3/c17-10-2-1-3-11(18)12(10)13(25)24-15(26)23-8-4-6-9(7-5-8)27-16(21,22)14(19)20/h1-7,14H,(H2,23,24,25,26). The third-order valence-electron chi connectivity index (χ3n) is 3.04. The molecule has 0 unspecified atom stereocenters. The molecule has 0 aromatic heterocycles. The highest BCUT2D eigenvalue weighted by atomic mass is 79.9. The van der Waals surface area contributed by atoms with Gasteiger partial charge in [0.15, 0.2) is 0 Å². The van der Waals surface area contributed by atoms with Crippen LogP contribution in [-0.4, -0.2) is 24.5 Å². The van der Waals surface area contributed by atoms with Crippen molar-refractivity contribution in [3.63, 3.8) is 0 Å². The fourth-order valence-electron chi connectivity index (χ4n) is 1.85. The maximum atomic E-state index is 12.8. The van der Waals surface area contributed by atoms with Gasteiger partial charge in [0, 0.05) is 14.6 Å². The number of anilines is 1. The summed E-state index contributed by atoms with van der Waals surface area (Å²) in [6.45, 7) is 0. The highest BCUT2D eigenvalue weighted by Gasteiger charge is 2.43. The Kier molecular flexibility index (Phi) is 6.82. The van der Waals surface area contributed by atoms with Crippen molar-refractivity contribution >= 4 is 49.5 Å². The second kappa shape index (κ2) is 8.70. The number of alkyl halides is 4. The van der Waals surface area contributed by atoms with E-state index in [2.05, 4.69) is 47.2 Å². The molecule has 0 saturated carbocycles. The normalized spacial score (nSPS) is 11.2. The van der Waals surface area contributed by atoms with Crippen LogP contribution >= 0.6 is 31.9 Å². The number of benzene rings is 2. The Bertz CT molecular complexity index is 828. The molecule has 0 radical (unpaired) electrons. The summed E-state index contributed by atoms with van der Waals surface area (Å²) in [6.07, 6.45) is -8.61. The SMILES string of the molecule is O=C(NC(=O)c1c(Br)cccc1Br)Nc1ccc(OC(F)(F)C(F)F)cc1. The first-order valence-electron chi connectivity index (χ1n) is 7.11. The Morgan fingerprint density at radius 2 is 1.56 bits per heavy atom. The van der Waals surface area contributed by atoms with Crippen LogP contribution in [0.4, 0.5) is 28.0 Å². The van der Waals surface area contributed by atoms with E-state index in [1.807, 2.05) is 0 Å². The summed E-state index contributed by atoms with van der Waals surface area (Å²) in [5.74, 6) is -1.21. The highest BCUT2D eigenvalue weighted by molar-refractivity contribution is 9.11. The molecule has 27 heavy (non-hydrogen) atoms. The molecule has 11 heteroatoms. The molecule has 2 aromatic rings. The molecule has 0 aliphatic heterocycles. The molecule has 0 fully saturated rings. The van der Waals surface area contributed by atoms with Crippen molar-refractivity contribution in [1.82, 2.24) is 5.32 Å². The smallest absolute Gasteiger partial charge is 0.428 e. The minimum Gasteiger partial charge on any atom is -0.428 e. The van der Waals surface area contributed by atoms with Gasteiger partial charge in [-0.1, -0.05) is 6.07 Å². The third-order valence-corrected chi connectivity index (χ3v) is 4.36. The Hall–Kier alpha value is -2.14. The summed E-state index contributed by atoms with van der Waals surface area (Å²) in [5.41, 5.74) is 0.324. The molecule has 0 bridgehead atoms. The van der Waals surface area contributed by atoms with Crippen LogP contribution in [0.25, 0.3) is 0 Å². The molecule has 0 aliphatic carbocycles. The van der Waals surface area contributed by atoms with Gasteiger partial charge in [0.1, 0.15) is 5.75 Å². The van der Waals surface area contributed by atoms with Crippen LogP contribution in [0, 0.1) is 0 Å². The van der Waals surface area contributed by atoms with Crippen molar-refractivity contribution in [1.29, 1.82) is 0 Å². The number of nitrogens with one attached hydrogen (secondary N) is 2. The van der Waals surface area contributed by atoms with Gasteiger partial charge >= 0.3 is 18.6 Å². The van der Waals surface area contributed by atoms with E-state index >= 15 is 0 Å². The van der Waals surface area contributed by atoms with Crippen molar-refractivity contribution < 1.29 is 31.9 Å². The lowest BCUT2D eigenvalue weighted by molar-refractivity contribution is -0.253. The highest BCUT2D eigenvalue weighted by Crippen LogP contribution is 2.28. The molecule has 0 spiro atoms. The summed E-state index contributed by atoms with van der Waals surface area (Å²) in [4.78, 5) is 24.1. The Morgan fingerprint density at radius 3 is 2.07 bits per heavy atom. The molecule has 2 aromatic carbocycles.